The summed E-state index contributed by atoms with van der Waals surface area (Å²) >= 11 is 0. The predicted octanol–water partition coefficient (Wildman–Crippen LogP) is 11.7. The molecular weight excluding hydrogens is 583 g/mol. The molecule has 0 spiro atoms. The molecule has 222 valence electrons. The average Bonchev–Trinajstić information content (AvgIpc) is 3.78. The van der Waals surface area contributed by atoms with Crippen LogP contribution in [-0.4, -0.2) is 14.1 Å². The van der Waals surface area contributed by atoms with E-state index in [0.29, 0.717) is 0 Å². The Bertz CT molecular complexity index is 2890. The first-order chi connectivity index (χ1) is 23.8. The number of benzene rings is 7. The summed E-state index contributed by atoms with van der Waals surface area (Å²) in [4.78, 5) is 5.26. The molecule has 0 bridgehead atoms. The lowest BCUT2D eigenvalue weighted by Crippen LogP contribution is -1.95. The van der Waals surface area contributed by atoms with Crippen LogP contribution in [0.2, 0.25) is 0 Å². The normalized spacial score (nSPS) is 12.2. The van der Waals surface area contributed by atoms with Crippen molar-refractivity contribution in [2.24, 2.45) is 0 Å². The highest BCUT2D eigenvalue weighted by Crippen LogP contribution is 2.48. The second-order valence-corrected chi connectivity index (χ2v) is 12.8. The summed E-state index contributed by atoms with van der Waals surface area (Å²) in [6.45, 7) is 0. The molecule has 0 saturated heterocycles. The van der Waals surface area contributed by atoms with Gasteiger partial charge in [0.1, 0.15) is 0 Å². The van der Waals surface area contributed by atoms with Crippen LogP contribution < -0.4 is 0 Å². The molecule has 0 fully saturated rings. The number of pyridine rings is 1. The topological polar surface area (TPSA) is 22.8 Å². The molecule has 48 heavy (non-hydrogen) atoms. The molecule has 0 atom stereocenters. The first-order valence-electron chi connectivity index (χ1n) is 16.5. The number of rotatable bonds is 3. The lowest BCUT2D eigenvalue weighted by atomic mass is 10.0. The molecule has 3 nitrogen and oxygen atoms in total. The van der Waals surface area contributed by atoms with E-state index in [-0.39, 0.29) is 0 Å². The minimum atomic E-state index is 0.993. The highest BCUT2D eigenvalue weighted by atomic mass is 15.0. The first-order valence-corrected chi connectivity index (χ1v) is 16.5. The Balaban J connectivity index is 1.19. The van der Waals surface area contributed by atoms with Crippen LogP contribution in [0.3, 0.4) is 0 Å². The molecule has 0 saturated carbocycles. The largest absolute Gasteiger partial charge is 0.309 e. The zero-order valence-electron chi connectivity index (χ0n) is 25.9. The van der Waals surface area contributed by atoms with Crippen molar-refractivity contribution < 1.29 is 0 Å². The van der Waals surface area contributed by atoms with E-state index in [1.165, 1.54) is 71.3 Å². The molecule has 1 aliphatic carbocycles. The SMILES string of the molecule is c1ccc(-n2c3ccc(-c4cc5c6c(cccc6n4)-c4ccccc4-5)cc3c3cc(-n4c5ccccc5c5ccccc54)ccc32)cc1. The summed E-state index contributed by atoms with van der Waals surface area (Å²) < 4.78 is 4.79. The third-order valence-corrected chi connectivity index (χ3v) is 10.2. The van der Waals surface area contributed by atoms with E-state index in [1.807, 2.05) is 0 Å². The van der Waals surface area contributed by atoms with Crippen molar-refractivity contribution in [2.45, 2.75) is 0 Å². The third-order valence-electron chi connectivity index (χ3n) is 10.2. The van der Waals surface area contributed by atoms with E-state index < -0.39 is 0 Å². The van der Waals surface area contributed by atoms with E-state index in [1.54, 1.807) is 0 Å². The van der Waals surface area contributed by atoms with Gasteiger partial charge in [0.15, 0.2) is 0 Å². The molecule has 3 heterocycles. The maximum Gasteiger partial charge on any atom is 0.0722 e. The molecular formula is C45H27N3. The molecule has 3 aromatic heterocycles. The zero-order valence-corrected chi connectivity index (χ0v) is 25.9. The van der Waals surface area contributed by atoms with Gasteiger partial charge in [0.05, 0.1) is 33.3 Å². The first kappa shape index (κ1) is 25.7. The average molecular weight is 610 g/mol. The van der Waals surface area contributed by atoms with Crippen LogP contribution in [-0.2, 0) is 0 Å². The van der Waals surface area contributed by atoms with Gasteiger partial charge in [0, 0.05) is 43.9 Å². The van der Waals surface area contributed by atoms with Gasteiger partial charge < -0.3 is 9.13 Å². The van der Waals surface area contributed by atoms with Gasteiger partial charge in [0.2, 0.25) is 0 Å². The van der Waals surface area contributed by atoms with Crippen molar-refractivity contribution in [2.75, 3.05) is 0 Å². The van der Waals surface area contributed by atoms with Gasteiger partial charge >= 0.3 is 0 Å². The van der Waals surface area contributed by atoms with E-state index in [9.17, 15) is 0 Å². The Morgan fingerprint density at radius 3 is 1.71 bits per heavy atom. The maximum atomic E-state index is 5.26. The van der Waals surface area contributed by atoms with E-state index in [2.05, 4.69) is 173 Å². The lowest BCUT2D eigenvalue weighted by Gasteiger charge is -2.10. The van der Waals surface area contributed by atoms with Crippen molar-refractivity contribution in [3.63, 3.8) is 0 Å². The van der Waals surface area contributed by atoms with E-state index in [4.69, 9.17) is 4.98 Å². The second-order valence-electron chi connectivity index (χ2n) is 12.8. The summed E-state index contributed by atoms with van der Waals surface area (Å²) in [7, 11) is 0. The van der Waals surface area contributed by atoms with Crippen LogP contribution in [0.15, 0.2) is 164 Å². The quantitative estimate of drug-likeness (QED) is 0.195. The minimum Gasteiger partial charge on any atom is -0.309 e. The van der Waals surface area contributed by atoms with Crippen LogP contribution in [0.25, 0.3) is 99.4 Å². The molecule has 7 aromatic carbocycles. The van der Waals surface area contributed by atoms with Crippen LogP contribution in [0.1, 0.15) is 0 Å². The lowest BCUT2D eigenvalue weighted by molar-refractivity contribution is 1.16. The van der Waals surface area contributed by atoms with Crippen LogP contribution in [0.5, 0.6) is 0 Å². The zero-order chi connectivity index (χ0) is 31.3. The Morgan fingerprint density at radius 1 is 0.354 bits per heavy atom. The number of para-hydroxylation sites is 3. The Hall–Kier alpha value is -6.45. The van der Waals surface area contributed by atoms with Crippen molar-refractivity contribution in [1.82, 2.24) is 14.1 Å². The van der Waals surface area contributed by atoms with Crippen molar-refractivity contribution >= 4 is 54.5 Å². The fourth-order valence-electron chi connectivity index (χ4n) is 8.19. The maximum absolute atomic E-state index is 5.26. The number of aromatic nitrogens is 3. The molecule has 3 heteroatoms. The van der Waals surface area contributed by atoms with Crippen LogP contribution >= 0.6 is 0 Å². The Morgan fingerprint density at radius 2 is 0.938 bits per heavy atom. The van der Waals surface area contributed by atoms with Crippen LogP contribution in [0.4, 0.5) is 0 Å². The standard InChI is InChI=1S/C45H27N3/c1-2-11-29(12-3-1)47-43-23-21-28(40-27-38-32-14-5-4-13-31(32)35-17-10-18-39(46-40)45(35)38)25-36(43)37-26-30(22-24-44(37)47)48-41-19-8-6-15-33(41)34-16-7-9-20-42(34)48/h1-27H. The van der Waals surface area contributed by atoms with Gasteiger partial charge in [-0.15, -0.1) is 0 Å². The smallest absolute Gasteiger partial charge is 0.0722 e. The highest BCUT2D eigenvalue weighted by molar-refractivity contribution is 6.16. The third kappa shape index (κ3) is 3.45. The molecule has 0 unspecified atom stereocenters. The molecule has 11 rings (SSSR count). The molecule has 0 aliphatic heterocycles. The molecule has 10 aromatic rings. The van der Waals surface area contributed by atoms with E-state index in [0.717, 1.165) is 28.1 Å². The monoisotopic (exact) mass is 609 g/mol. The summed E-state index contributed by atoms with van der Waals surface area (Å²) in [5.74, 6) is 0. The van der Waals surface area contributed by atoms with Crippen molar-refractivity contribution in [3.05, 3.63) is 164 Å². The van der Waals surface area contributed by atoms with Crippen molar-refractivity contribution in [3.8, 4) is 44.9 Å². The Labute approximate surface area is 276 Å². The number of hydrogen-bond acceptors (Lipinski definition) is 1. The summed E-state index contributed by atoms with van der Waals surface area (Å²) in [5, 5.41) is 6.21. The number of nitrogens with zero attached hydrogens (tertiary/aromatic N) is 3. The molecule has 0 amide bonds. The molecule has 1 aliphatic rings. The predicted molar refractivity (Wildman–Crippen MR) is 200 cm³/mol. The number of hydrogen-bond donors (Lipinski definition) is 0. The van der Waals surface area contributed by atoms with E-state index >= 15 is 0 Å². The van der Waals surface area contributed by atoms with Crippen LogP contribution in [0, 0.1) is 0 Å². The Kier molecular flexibility index (Phi) is 5.11. The molecule has 0 radical (unpaired) electrons. The second kappa shape index (κ2) is 9.54. The van der Waals surface area contributed by atoms with Gasteiger partial charge in [-0.25, -0.2) is 4.98 Å². The van der Waals surface area contributed by atoms with Gasteiger partial charge in [0.25, 0.3) is 0 Å². The van der Waals surface area contributed by atoms with Gasteiger partial charge in [-0.2, -0.15) is 0 Å². The summed E-state index contributed by atoms with van der Waals surface area (Å²) in [5.41, 5.74) is 15.3. The number of fused-ring (bicyclic) bond motifs is 9. The summed E-state index contributed by atoms with van der Waals surface area (Å²) in [6.07, 6.45) is 0. The fourth-order valence-corrected chi connectivity index (χ4v) is 8.19. The fraction of sp³-hybridized carbons (Fsp3) is 0. The highest BCUT2D eigenvalue weighted by Gasteiger charge is 2.23. The van der Waals surface area contributed by atoms with Crippen molar-refractivity contribution in [1.29, 1.82) is 0 Å². The molecule has 0 N–H and O–H groups in total. The van der Waals surface area contributed by atoms with Gasteiger partial charge in [-0.1, -0.05) is 97.1 Å². The van der Waals surface area contributed by atoms with Gasteiger partial charge in [-0.3, -0.25) is 0 Å². The minimum absolute atomic E-state index is 0.993. The summed E-state index contributed by atoms with van der Waals surface area (Å²) in [6, 6.07) is 59.4. The van der Waals surface area contributed by atoms with Gasteiger partial charge in [-0.05, 0) is 89.0 Å².